The smallest absolute Gasteiger partial charge is 0.239 e. The summed E-state index contributed by atoms with van der Waals surface area (Å²) in [5, 5.41) is 3.29. The second kappa shape index (κ2) is 5.71. The Hall–Kier alpha value is -1.75. The summed E-state index contributed by atoms with van der Waals surface area (Å²) in [6, 6.07) is 5.80. The molecule has 108 valence electrons. The number of carbonyl (C=O) groups is 1. The Bertz CT molecular complexity index is 498. The molecule has 0 spiro atoms. The average molecular weight is 276 g/mol. The molecule has 1 aromatic carbocycles. The summed E-state index contributed by atoms with van der Waals surface area (Å²) in [5.74, 6) is 1.71. The van der Waals surface area contributed by atoms with Crippen LogP contribution >= 0.6 is 0 Å². The van der Waals surface area contributed by atoms with E-state index in [1.165, 1.54) is 0 Å². The van der Waals surface area contributed by atoms with E-state index in [9.17, 15) is 4.79 Å². The van der Waals surface area contributed by atoms with E-state index in [1.807, 2.05) is 25.2 Å². The number of carbonyl (C=O) groups excluding carboxylic acids is 1. The van der Waals surface area contributed by atoms with Gasteiger partial charge >= 0.3 is 0 Å². The molecule has 20 heavy (non-hydrogen) atoms. The van der Waals surface area contributed by atoms with Crippen LogP contribution in [0.2, 0.25) is 0 Å². The minimum atomic E-state index is -0.0252. The predicted octanol–water partition coefficient (Wildman–Crippen LogP) is 1.52. The molecule has 1 atom stereocenters. The molecule has 2 aliphatic heterocycles. The Kier molecular flexibility index (Phi) is 3.78. The van der Waals surface area contributed by atoms with Crippen molar-refractivity contribution in [1.29, 1.82) is 0 Å². The number of nitrogens with zero attached hydrogens (tertiary/aromatic N) is 1. The normalized spacial score (nSPS) is 20.8. The van der Waals surface area contributed by atoms with Gasteiger partial charge in [-0.3, -0.25) is 4.79 Å². The van der Waals surface area contributed by atoms with Crippen LogP contribution in [0.3, 0.4) is 0 Å². The van der Waals surface area contributed by atoms with Gasteiger partial charge < -0.3 is 19.7 Å². The van der Waals surface area contributed by atoms with Gasteiger partial charge in [-0.2, -0.15) is 0 Å². The first-order valence-corrected chi connectivity index (χ1v) is 7.11. The highest BCUT2D eigenvalue weighted by Gasteiger charge is 2.24. The average Bonchev–Trinajstić information content (AvgIpc) is 2.95. The van der Waals surface area contributed by atoms with Crippen LogP contribution < -0.4 is 14.8 Å². The molecule has 1 aromatic rings. The predicted molar refractivity (Wildman–Crippen MR) is 74.7 cm³/mol. The molecule has 2 aliphatic rings. The van der Waals surface area contributed by atoms with Gasteiger partial charge in [0.2, 0.25) is 12.7 Å². The van der Waals surface area contributed by atoms with E-state index < -0.39 is 0 Å². The van der Waals surface area contributed by atoms with E-state index >= 15 is 0 Å². The maximum atomic E-state index is 12.3. The van der Waals surface area contributed by atoms with Crippen molar-refractivity contribution in [2.75, 3.05) is 20.4 Å². The number of nitrogens with one attached hydrogen (secondary N) is 1. The molecule has 2 heterocycles. The first-order valence-electron chi connectivity index (χ1n) is 7.11. The fourth-order valence-corrected chi connectivity index (χ4v) is 2.72. The zero-order valence-electron chi connectivity index (χ0n) is 11.7. The lowest BCUT2D eigenvalue weighted by atomic mass is 10.0. The third-order valence-electron chi connectivity index (χ3n) is 3.84. The highest BCUT2D eigenvalue weighted by Crippen LogP contribution is 2.32. The molecule has 5 heteroatoms. The molecule has 0 unspecified atom stereocenters. The zero-order chi connectivity index (χ0) is 13.9. The molecular weight excluding hydrogens is 256 g/mol. The van der Waals surface area contributed by atoms with Gasteiger partial charge in [-0.05, 0) is 37.1 Å². The fourth-order valence-electron chi connectivity index (χ4n) is 2.72. The maximum Gasteiger partial charge on any atom is 0.239 e. The molecule has 1 fully saturated rings. The van der Waals surface area contributed by atoms with Crippen molar-refractivity contribution in [2.24, 2.45) is 0 Å². The Morgan fingerprint density at radius 2 is 2.20 bits per heavy atom. The third-order valence-corrected chi connectivity index (χ3v) is 3.84. The van der Waals surface area contributed by atoms with E-state index in [-0.39, 0.29) is 18.7 Å². The van der Waals surface area contributed by atoms with Crippen LogP contribution in [-0.2, 0) is 11.3 Å². The first kappa shape index (κ1) is 13.2. The zero-order valence-corrected chi connectivity index (χ0v) is 11.7. The van der Waals surface area contributed by atoms with E-state index in [0.29, 0.717) is 6.54 Å². The minimum Gasteiger partial charge on any atom is -0.454 e. The molecule has 0 saturated carbocycles. The lowest BCUT2D eigenvalue weighted by Crippen LogP contribution is -2.46. The Labute approximate surface area is 118 Å². The van der Waals surface area contributed by atoms with Gasteiger partial charge in [-0.25, -0.2) is 0 Å². The van der Waals surface area contributed by atoms with E-state index in [2.05, 4.69) is 5.32 Å². The second-order valence-corrected chi connectivity index (χ2v) is 5.38. The first-order chi connectivity index (χ1) is 9.74. The number of amides is 1. The van der Waals surface area contributed by atoms with Crippen molar-refractivity contribution < 1.29 is 14.3 Å². The third kappa shape index (κ3) is 2.72. The van der Waals surface area contributed by atoms with Gasteiger partial charge in [0.1, 0.15) is 0 Å². The van der Waals surface area contributed by atoms with Gasteiger partial charge in [0.15, 0.2) is 11.5 Å². The molecule has 1 N–H and O–H groups in total. The molecular formula is C15H20N2O3. The highest BCUT2D eigenvalue weighted by molar-refractivity contribution is 5.81. The quantitative estimate of drug-likeness (QED) is 0.909. The SMILES string of the molecule is CN(Cc1ccc2c(c1)OCO2)C(=O)[C@H]1CCCCN1. The van der Waals surface area contributed by atoms with Crippen LogP contribution in [0.25, 0.3) is 0 Å². The van der Waals surface area contributed by atoms with Crippen molar-refractivity contribution in [2.45, 2.75) is 31.8 Å². The summed E-state index contributed by atoms with van der Waals surface area (Å²) in [4.78, 5) is 14.1. The van der Waals surface area contributed by atoms with Crippen molar-refractivity contribution in [3.8, 4) is 11.5 Å². The van der Waals surface area contributed by atoms with Gasteiger partial charge in [-0.1, -0.05) is 12.5 Å². The van der Waals surface area contributed by atoms with Gasteiger partial charge in [0.25, 0.3) is 0 Å². The molecule has 5 nitrogen and oxygen atoms in total. The van der Waals surface area contributed by atoms with E-state index in [4.69, 9.17) is 9.47 Å². The number of benzene rings is 1. The number of fused-ring (bicyclic) bond motifs is 1. The minimum absolute atomic E-state index is 0.0252. The van der Waals surface area contributed by atoms with Crippen LogP contribution in [0, 0.1) is 0 Å². The van der Waals surface area contributed by atoms with Crippen molar-refractivity contribution >= 4 is 5.91 Å². The van der Waals surface area contributed by atoms with Gasteiger partial charge in [0.05, 0.1) is 6.04 Å². The summed E-state index contributed by atoms with van der Waals surface area (Å²) in [6.45, 7) is 1.81. The second-order valence-electron chi connectivity index (χ2n) is 5.38. The van der Waals surface area contributed by atoms with Crippen LogP contribution in [-0.4, -0.2) is 37.2 Å². The lowest BCUT2D eigenvalue weighted by Gasteiger charge is -2.27. The van der Waals surface area contributed by atoms with E-state index in [0.717, 1.165) is 42.9 Å². The number of piperidine rings is 1. The van der Waals surface area contributed by atoms with Crippen LogP contribution in [0.1, 0.15) is 24.8 Å². The maximum absolute atomic E-state index is 12.3. The summed E-state index contributed by atoms with van der Waals surface area (Å²) >= 11 is 0. The van der Waals surface area contributed by atoms with E-state index in [1.54, 1.807) is 4.90 Å². The number of hydrogen-bond donors (Lipinski definition) is 1. The van der Waals surface area contributed by atoms with Crippen molar-refractivity contribution in [1.82, 2.24) is 10.2 Å². The Morgan fingerprint density at radius 3 is 3.00 bits per heavy atom. The number of rotatable bonds is 3. The number of likely N-dealkylation sites (N-methyl/N-ethyl adjacent to an activating group) is 1. The Balaban J connectivity index is 1.63. The lowest BCUT2D eigenvalue weighted by molar-refractivity contribution is -0.133. The van der Waals surface area contributed by atoms with Crippen LogP contribution in [0.5, 0.6) is 11.5 Å². The fraction of sp³-hybridized carbons (Fsp3) is 0.533. The van der Waals surface area contributed by atoms with Crippen LogP contribution in [0.4, 0.5) is 0 Å². The molecule has 0 radical (unpaired) electrons. The molecule has 1 amide bonds. The topological polar surface area (TPSA) is 50.8 Å². The summed E-state index contributed by atoms with van der Waals surface area (Å²) < 4.78 is 10.6. The van der Waals surface area contributed by atoms with Gasteiger partial charge in [-0.15, -0.1) is 0 Å². The summed E-state index contributed by atoms with van der Waals surface area (Å²) in [6.07, 6.45) is 3.22. The molecule has 3 rings (SSSR count). The summed E-state index contributed by atoms with van der Waals surface area (Å²) in [5.41, 5.74) is 1.06. The largest absolute Gasteiger partial charge is 0.454 e. The van der Waals surface area contributed by atoms with Gasteiger partial charge in [0, 0.05) is 13.6 Å². The summed E-state index contributed by atoms with van der Waals surface area (Å²) in [7, 11) is 1.85. The van der Waals surface area contributed by atoms with Crippen LogP contribution in [0.15, 0.2) is 18.2 Å². The molecule has 0 aliphatic carbocycles. The Morgan fingerprint density at radius 1 is 1.35 bits per heavy atom. The molecule has 1 saturated heterocycles. The standard InChI is InChI=1S/C15H20N2O3/c1-17(15(18)12-4-2-3-7-16-12)9-11-5-6-13-14(8-11)20-10-19-13/h5-6,8,12,16H,2-4,7,9-10H2,1H3/t12-/m1/s1. The monoisotopic (exact) mass is 276 g/mol. The molecule has 0 aromatic heterocycles. The molecule has 0 bridgehead atoms. The number of hydrogen-bond acceptors (Lipinski definition) is 4. The highest BCUT2D eigenvalue weighted by atomic mass is 16.7. The number of ether oxygens (including phenoxy) is 2. The van der Waals surface area contributed by atoms with Crippen molar-refractivity contribution in [3.05, 3.63) is 23.8 Å². The van der Waals surface area contributed by atoms with Crippen molar-refractivity contribution in [3.63, 3.8) is 0 Å².